The summed E-state index contributed by atoms with van der Waals surface area (Å²) in [4.78, 5) is 4.40. The highest BCUT2D eigenvalue weighted by Gasteiger charge is 2.13. The van der Waals surface area contributed by atoms with Crippen LogP contribution in [0.1, 0.15) is 11.1 Å². The number of nitriles is 1. The summed E-state index contributed by atoms with van der Waals surface area (Å²) in [5.74, 6) is 0.949. The SMILES string of the molecule is N#Cc1c(-c2ccc(OCc3ccccc3)cc2)cc(-c2ccc(Cl)cc2)nc1N. The Morgan fingerprint density at radius 1 is 0.900 bits per heavy atom. The molecule has 0 radical (unpaired) electrons. The lowest BCUT2D eigenvalue weighted by atomic mass is 9.98. The molecular formula is C25H18ClN3O. The Balaban J connectivity index is 1.64. The van der Waals surface area contributed by atoms with Crippen LogP contribution in [0.15, 0.2) is 84.9 Å². The molecule has 0 unspecified atom stereocenters. The molecule has 146 valence electrons. The van der Waals surface area contributed by atoms with Crippen LogP contribution in [-0.2, 0) is 6.61 Å². The minimum atomic E-state index is 0.198. The number of anilines is 1. The quantitative estimate of drug-likeness (QED) is 0.430. The van der Waals surface area contributed by atoms with E-state index in [1.807, 2.05) is 72.8 Å². The van der Waals surface area contributed by atoms with E-state index in [-0.39, 0.29) is 5.82 Å². The summed E-state index contributed by atoms with van der Waals surface area (Å²) in [5, 5.41) is 10.3. The van der Waals surface area contributed by atoms with Gasteiger partial charge in [-0.25, -0.2) is 4.98 Å². The van der Waals surface area contributed by atoms with Gasteiger partial charge < -0.3 is 10.5 Å². The number of pyridine rings is 1. The lowest BCUT2D eigenvalue weighted by Crippen LogP contribution is -2.00. The highest BCUT2D eigenvalue weighted by Crippen LogP contribution is 2.32. The summed E-state index contributed by atoms with van der Waals surface area (Å²) < 4.78 is 5.85. The second-order valence-electron chi connectivity index (χ2n) is 6.73. The predicted octanol–water partition coefficient (Wildman–Crippen LogP) is 6.10. The summed E-state index contributed by atoms with van der Waals surface area (Å²) in [6.45, 7) is 0.493. The van der Waals surface area contributed by atoms with E-state index in [1.165, 1.54) is 0 Å². The maximum absolute atomic E-state index is 9.61. The molecular weight excluding hydrogens is 394 g/mol. The smallest absolute Gasteiger partial charge is 0.142 e. The predicted molar refractivity (Wildman–Crippen MR) is 120 cm³/mol. The van der Waals surface area contributed by atoms with Gasteiger partial charge >= 0.3 is 0 Å². The van der Waals surface area contributed by atoms with Gasteiger partial charge in [0.15, 0.2) is 0 Å². The first-order valence-corrected chi connectivity index (χ1v) is 9.75. The van der Waals surface area contributed by atoms with Gasteiger partial charge in [0.25, 0.3) is 0 Å². The lowest BCUT2D eigenvalue weighted by Gasteiger charge is -2.11. The summed E-state index contributed by atoms with van der Waals surface area (Å²) in [5.41, 5.74) is 10.7. The Hall–Kier alpha value is -3.81. The number of hydrogen-bond donors (Lipinski definition) is 1. The molecule has 0 spiro atoms. The Labute approximate surface area is 180 Å². The van der Waals surface area contributed by atoms with Crippen molar-refractivity contribution in [2.24, 2.45) is 0 Å². The maximum atomic E-state index is 9.61. The summed E-state index contributed by atoms with van der Waals surface area (Å²) in [6.07, 6.45) is 0. The third-order valence-electron chi connectivity index (χ3n) is 4.71. The zero-order valence-corrected chi connectivity index (χ0v) is 16.8. The number of nitrogens with two attached hydrogens (primary N) is 1. The van der Waals surface area contributed by atoms with Crippen molar-refractivity contribution in [1.29, 1.82) is 5.26 Å². The summed E-state index contributed by atoms with van der Waals surface area (Å²) in [7, 11) is 0. The van der Waals surface area contributed by atoms with Gasteiger partial charge in [-0.15, -0.1) is 0 Å². The fourth-order valence-corrected chi connectivity index (χ4v) is 3.28. The van der Waals surface area contributed by atoms with Crippen molar-refractivity contribution in [2.45, 2.75) is 6.61 Å². The second-order valence-corrected chi connectivity index (χ2v) is 7.17. The number of nitrogen functional groups attached to an aromatic ring is 1. The van der Waals surface area contributed by atoms with Crippen LogP contribution in [-0.4, -0.2) is 4.98 Å². The van der Waals surface area contributed by atoms with E-state index in [1.54, 1.807) is 12.1 Å². The number of benzene rings is 3. The van der Waals surface area contributed by atoms with Crippen molar-refractivity contribution < 1.29 is 4.74 Å². The Morgan fingerprint density at radius 3 is 2.23 bits per heavy atom. The van der Waals surface area contributed by atoms with Crippen LogP contribution in [0.2, 0.25) is 5.02 Å². The lowest BCUT2D eigenvalue weighted by molar-refractivity contribution is 0.306. The Kier molecular flexibility index (Phi) is 5.65. The van der Waals surface area contributed by atoms with Gasteiger partial charge in [-0.1, -0.05) is 66.2 Å². The van der Waals surface area contributed by atoms with E-state index in [4.69, 9.17) is 22.1 Å². The molecule has 0 fully saturated rings. The molecule has 4 nitrogen and oxygen atoms in total. The molecule has 1 aromatic heterocycles. The van der Waals surface area contributed by atoms with Crippen LogP contribution in [0.5, 0.6) is 5.75 Å². The molecule has 0 amide bonds. The van der Waals surface area contributed by atoms with E-state index in [0.717, 1.165) is 28.0 Å². The van der Waals surface area contributed by atoms with Crippen LogP contribution in [0.3, 0.4) is 0 Å². The topological polar surface area (TPSA) is 71.9 Å². The largest absolute Gasteiger partial charge is 0.489 e. The fourth-order valence-electron chi connectivity index (χ4n) is 3.15. The van der Waals surface area contributed by atoms with Crippen molar-refractivity contribution in [3.8, 4) is 34.2 Å². The van der Waals surface area contributed by atoms with E-state index in [9.17, 15) is 5.26 Å². The van der Waals surface area contributed by atoms with E-state index in [0.29, 0.717) is 22.9 Å². The number of hydrogen-bond acceptors (Lipinski definition) is 4. The van der Waals surface area contributed by atoms with Crippen LogP contribution >= 0.6 is 11.6 Å². The molecule has 0 aliphatic rings. The molecule has 3 aromatic carbocycles. The van der Waals surface area contributed by atoms with Gasteiger partial charge in [0.1, 0.15) is 29.8 Å². The van der Waals surface area contributed by atoms with Crippen molar-refractivity contribution in [3.05, 3.63) is 101 Å². The van der Waals surface area contributed by atoms with Crippen molar-refractivity contribution in [2.75, 3.05) is 5.73 Å². The maximum Gasteiger partial charge on any atom is 0.142 e. The molecule has 30 heavy (non-hydrogen) atoms. The fraction of sp³-hybridized carbons (Fsp3) is 0.0400. The van der Waals surface area contributed by atoms with E-state index < -0.39 is 0 Å². The van der Waals surface area contributed by atoms with E-state index >= 15 is 0 Å². The molecule has 5 heteroatoms. The number of nitrogens with zero attached hydrogens (tertiary/aromatic N) is 2. The van der Waals surface area contributed by atoms with Gasteiger partial charge in [0.2, 0.25) is 0 Å². The highest BCUT2D eigenvalue weighted by molar-refractivity contribution is 6.30. The molecule has 0 aliphatic heterocycles. The summed E-state index contributed by atoms with van der Waals surface area (Å²) in [6, 6.07) is 29.0. The molecule has 4 aromatic rings. The molecule has 0 saturated heterocycles. The van der Waals surface area contributed by atoms with E-state index in [2.05, 4.69) is 11.1 Å². The molecule has 0 bridgehead atoms. The first-order valence-electron chi connectivity index (χ1n) is 9.38. The molecule has 1 heterocycles. The van der Waals surface area contributed by atoms with Crippen molar-refractivity contribution in [3.63, 3.8) is 0 Å². The van der Waals surface area contributed by atoms with Crippen LogP contribution in [0.25, 0.3) is 22.4 Å². The van der Waals surface area contributed by atoms with Crippen LogP contribution in [0.4, 0.5) is 5.82 Å². The van der Waals surface area contributed by atoms with Gasteiger partial charge in [-0.05, 0) is 41.5 Å². The zero-order valence-electron chi connectivity index (χ0n) is 16.0. The minimum Gasteiger partial charge on any atom is -0.489 e. The van der Waals surface area contributed by atoms with Crippen molar-refractivity contribution in [1.82, 2.24) is 4.98 Å². The average Bonchev–Trinajstić information content (AvgIpc) is 2.79. The molecule has 0 atom stereocenters. The third kappa shape index (κ3) is 4.27. The van der Waals surface area contributed by atoms with Crippen LogP contribution < -0.4 is 10.5 Å². The number of halogens is 1. The number of ether oxygens (including phenoxy) is 1. The molecule has 2 N–H and O–H groups in total. The minimum absolute atomic E-state index is 0.198. The first-order chi connectivity index (χ1) is 14.6. The Morgan fingerprint density at radius 2 is 1.57 bits per heavy atom. The van der Waals surface area contributed by atoms with Gasteiger partial charge in [-0.3, -0.25) is 0 Å². The molecule has 4 rings (SSSR count). The molecule has 0 saturated carbocycles. The van der Waals surface area contributed by atoms with Crippen LogP contribution in [0, 0.1) is 11.3 Å². The van der Waals surface area contributed by atoms with Gasteiger partial charge in [0, 0.05) is 16.1 Å². The Bertz CT molecular complexity index is 1200. The molecule has 0 aliphatic carbocycles. The highest BCUT2D eigenvalue weighted by atomic mass is 35.5. The van der Waals surface area contributed by atoms with Crippen molar-refractivity contribution >= 4 is 17.4 Å². The monoisotopic (exact) mass is 411 g/mol. The standard InChI is InChI=1S/C25H18ClN3O/c26-20-10-6-19(7-11-20)24-14-22(23(15-27)25(28)29-24)18-8-12-21(13-9-18)30-16-17-4-2-1-3-5-17/h1-14H,16H2,(H2,28,29). The first kappa shape index (κ1) is 19.5. The average molecular weight is 412 g/mol. The van der Waals surface area contributed by atoms with Gasteiger partial charge in [-0.2, -0.15) is 5.26 Å². The number of aromatic nitrogens is 1. The third-order valence-corrected chi connectivity index (χ3v) is 4.96. The summed E-state index contributed by atoms with van der Waals surface area (Å²) >= 11 is 5.98. The second kappa shape index (κ2) is 8.69. The zero-order chi connectivity index (χ0) is 20.9. The normalized spacial score (nSPS) is 10.4. The number of rotatable bonds is 5. The van der Waals surface area contributed by atoms with Gasteiger partial charge in [0.05, 0.1) is 5.69 Å².